The molecule has 0 unspecified atom stereocenters. The van der Waals surface area contributed by atoms with Gasteiger partial charge in [0.15, 0.2) is 0 Å². The van der Waals surface area contributed by atoms with Crippen LogP contribution in [0.3, 0.4) is 0 Å². The number of imide groups is 1. The summed E-state index contributed by atoms with van der Waals surface area (Å²) < 4.78 is 5.77. The van der Waals surface area contributed by atoms with Crippen LogP contribution in [0.4, 0.5) is 5.69 Å². The molecule has 0 spiro atoms. The second-order valence-electron chi connectivity index (χ2n) is 5.59. The van der Waals surface area contributed by atoms with E-state index >= 15 is 0 Å². The largest absolute Gasteiger partial charge is 0.362 e. The van der Waals surface area contributed by atoms with Crippen molar-refractivity contribution in [2.45, 2.75) is 18.6 Å². The standard InChI is InChI=1S/C15H12ClNO3/c1-15-7-6-10(20-15)11-12(15)14(19)17(13(11)18)9-5-3-2-4-8(9)16/h2-7,10-12H,1H3/t10-,11-,12-,15-/m1/s1. The molecule has 1 aromatic carbocycles. The highest BCUT2D eigenvalue weighted by atomic mass is 35.5. The van der Waals surface area contributed by atoms with Crippen LogP contribution < -0.4 is 4.90 Å². The summed E-state index contributed by atoms with van der Waals surface area (Å²) in [4.78, 5) is 26.5. The van der Waals surface area contributed by atoms with Gasteiger partial charge in [-0.3, -0.25) is 9.59 Å². The zero-order chi connectivity index (χ0) is 14.1. The monoisotopic (exact) mass is 289 g/mol. The van der Waals surface area contributed by atoms with E-state index in [1.165, 1.54) is 4.90 Å². The van der Waals surface area contributed by atoms with Gasteiger partial charge in [-0.25, -0.2) is 4.90 Å². The number of amides is 2. The van der Waals surface area contributed by atoms with E-state index < -0.39 is 17.4 Å². The maximum atomic E-state index is 12.7. The van der Waals surface area contributed by atoms with Gasteiger partial charge in [0.2, 0.25) is 11.8 Å². The van der Waals surface area contributed by atoms with E-state index in [-0.39, 0.29) is 17.9 Å². The van der Waals surface area contributed by atoms with Gasteiger partial charge in [-0.15, -0.1) is 0 Å². The van der Waals surface area contributed by atoms with Crippen LogP contribution in [0.1, 0.15) is 6.92 Å². The van der Waals surface area contributed by atoms with Crippen LogP contribution in [0.5, 0.6) is 0 Å². The molecule has 2 amide bonds. The Bertz CT molecular complexity index is 671. The van der Waals surface area contributed by atoms with Crippen molar-refractivity contribution < 1.29 is 14.3 Å². The molecule has 4 rings (SSSR count). The smallest absolute Gasteiger partial charge is 0.241 e. The maximum Gasteiger partial charge on any atom is 0.241 e. The number of benzene rings is 1. The Kier molecular flexibility index (Phi) is 2.25. The van der Waals surface area contributed by atoms with Crippen LogP contribution in [0.2, 0.25) is 5.02 Å². The van der Waals surface area contributed by atoms with Crippen LogP contribution in [0.25, 0.3) is 0 Å². The van der Waals surface area contributed by atoms with Gasteiger partial charge in [0.25, 0.3) is 0 Å². The number of ether oxygens (including phenoxy) is 1. The highest BCUT2D eigenvalue weighted by molar-refractivity contribution is 6.36. The van der Waals surface area contributed by atoms with E-state index in [2.05, 4.69) is 0 Å². The van der Waals surface area contributed by atoms with Crippen molar-refractivity contribution in [3.05, 3.63) is 41.4 Å². The van der Waals surface area contributed by atoms with E-state index in [1.54, 1.807) is 24.3 Å². The molecule has 4 nitrogen and oxygen atoms in total. The van der Waals surface area contributed by atoms with Crippen molar-refractivity contribution >= 4 is 29.1 Å². The Balaban J connectivity index is 1.82. The highest BCUT2D eigenvalue weighted by Gasteiger charge is 2.66. The van der Waals surface area contributed by atoms with Crippen molar-refractivity contribution in [3.63, 3.8) is 0 Å². The fraction of sp³-hybridized carbons (Fsp3) is 0.333. The van der Waals surface area contributed by atoms with E-state index in [0.29, 0.717) is 10.7 Å². The third-order valence-electron chi connectivity index (χ3n) is 4.42. The molecule has 102 valence electrons. The number of halogens is 1. The summed E-state index contributed by atoms with van der Waals surface area (Å²) >= 11 is 6.12. The lowest BCUT2D eigenvalue weighted by Gasteiger charge is -2.24. The number of rotatable bonds is 1. The highest BCUT2D eigenvalue weighted by Crippen LogP contribution is 2.52. The zero-order valence-corrected chi connectivity index (χ0v) is 11.5. The Morgan fingerprint density at radius 2 is 2.00 bits per heavy atom. The molecule has 3 aliphatic rings. The minimum Gasteiger partial charge on any atom is -0.362 e. The molecule has 2 fully saturated rings. The van der Waals surface area contributed by atoms with Crippen molar-refractivity contribution in [1.82, 2.24) is 0 Å². The number of nitrogens with zero attached hydrogens (tertiary/aromatic N) is 1. The van der Waals surface area contributed by atoms with Gasteiger partial charge < -0.3 is 4.74 Å². The Hall–Kier alpha value is -1.65. The lowest BCUT2D eigenvalue weighted by atomic mass is 9.78. The van der Waals surface area contributed by atoms with E-state index in [9.17, 15) is 9.59 Å². The summed E-state index contributed by atoms with van der Waals surface area (Å²) in [5, 5.41) is 0.403. The fourth-order valence-corrected chi connectivity index (χ4v) is 3.74. The van der Waals surface area contributed by atoms with Crippen LogP contribution in [0.15, 0.2) is 36.4 Å². The summed E-state index contributed by atoms with van der Waals surface area (Å²) in [5.74, 6) is -1.30. The van der Waals surface area contributed by atoms with Crippen molar-refractivity contribution in [2.24, 2.45) is 11.8 Å². The van der Waals surface area contributed by atoms with Crippen molar-refractivity contribution in [2.75, 3.05) is 4.90 Å². The normalized spacial score (nSPS) is 37.9. The number of fused-ring (bicyclic) bond motifs is 5. The molecule has 2 bridgehead atoms. The summed E-state index contributed by atoms with van der Waals surface area (Å²) in [6.45, 7) is 1.86. The first-order chi connectivity index (χ1) is 9.53. The van der Waals surface area contributed by atoms with Gasteiger partial charge in [0.1, 0.15) is 0 Å². The van der Waals surface area contributed by atoms with Crippen molar-refractivity contribution in [3.8, 4) is 0 Å². The molecule has 5 heteroatoms. The molecule has 4 atom stereocenters. The number of hydrogen-bond acceptors (Lipinski definition) is 3. The predicted molar refractivity (Wildman–Crippen MR) is 73.3 cm³/mol. The second kappa shape index (κ2) is 3.71. The summed E-state index contributed by atoms with van der Waals surface area (Å²) in [6, 6.07) is 6.91. The van der Waals surface area contributed by atoms with E-state index in [0.717, 1.165) is 0 Å². The topological polar surface area (TPSA) is 46.6 Å². The third kappa shape index (κ3) is 1.30. The SMILES string of the molecule is C[C@]12C=C[C@@H](O1)[C@H]1C(=O)N(c3ccccc3Cl)C(=O)[C@@H]12. The number of carbonyl (C=O) groups excluding carboxylic acids is 2. The molecule has 0 saturated carbocycles. The first-order valence-corrected chi connectivity index (χ1v) is 6.90. The third-order valence-corrected chi connectivity index (χ3v) is 4.74. The van der Waals surface area contributed by atoms with Crippen LogP contribution in [0, 0.1) is 11.8 Å². The first-order valence-electron chi connectivity index (χ1n) is 6.52. The molecule has 0 N–H and O–H groups in total. The molecule has 0 aromatic heterocycles. The summed E-state index contributed by atoms with van der Waals surface area (Å²) in [7, 11) is 0. The van der Waals surface area contributed by atoms with Gasteiger partial charge in [0.05, 0.1) is 34.3 Å². The predicted octanol–water partition coefficient (Wildman–Crippen LogP) is 2.17. The average Bonchev–Trinajstić information content (AvgIpc) is 3.01. The average molecular weight is 290 g/mol. The molecule has 0 radical (unpaired) electrons. The molecule has 3 heterocycles. The Morgan fingerprint density at radius 3 is 2.70 bits per heavy atom. The summed E-state index contributed by atoms with van der Waals surface area (Å²) in [5.41, 5.74) is -0.209. The minimum atomic E-state index is -0.669. The van der Waals surface area contributed by atoms with Gasteiger partial charge in [-0.1, -0.05) is 35.9 Å². The number of anilines is 1. The zero-order valence-electron chi connectivity index (χ0n) is 10.7. The fourth-order valence-electron chi connectivity index (χ4n) is 3.52. The lowest BCUT2D eigenvalue weighted by Crippen LogP contribution is -2.38. The van der Waals surface area contributed by atoms with Gasteiger partial charge in [-0.2, -0.15) is 0 Å². The second-order valence-corrected chi connectivity index (χ2v) is 6.00. The van der Waals surface area contributed by atoms with Crippen LogP contribution in [-0.4, -0.2) is 23.5 Å². The number of carbonyl (C=O) groups is 2. The van der Waals surface area contributed by atoms with Crippen LogP contribution in [-0.2, 0) is 14.3 Å². The van der Waals surface area contributed by atoms with E-state index in [1.807, 2.05) is 19.1 Å². The molecule has 0 aliphatic carbocycles. The lowest BCUT2D eigenvalue weighted by molar-refractivity contribution is -0.126. The number of hydrogen-bond donors (Lipinski definition) is 0. The van der Waals surface area contributed by atoms with Crippen LogP contribution >= 0.6 is 11.6 Å². The molecular weight excluding hydrogens is 278 g/mol. The molecular formula is C15H12ClNO3. The first kappa shape index (κ1) is 12.1. The molecule has 1 aromatic rings. The quantitative estimate of drug-likeness (QED) is 0.588. The Labute approximate surface area is 121 Å². The van der Waals surface area contributed by atoms with E-state index in [4.69, 9.17) is 16.3 Å². The minimum absolute atomic E-state index is 0.217. The Morgan fingerprint density at radius 1 is 1.25 bits per heavy atom. The molecule has 20 heavy (non-hydrogen) atoms. The van der Waals surface area contributed by atoms with Crippen molar-refractivity contribution in [1.29, 1.82) is 0 Å². The van der Waals surface area contributed by atoms with Gasteiger partial charge >= 0.3 is 0 Å². The van der Waals surface area contributed by atoms with Gasteiger partial charge in [-0.05, 0) is 19.1 Å². The summed E-state index contributed by atoms with van der Waals surface area (Å²) in [6.07, 6.45) is 3.47. The molecule has 3 aliphatic heterocycles. The van der Waals surface area contributed by atoms with Gasteiger partial charge in [0, 0.05) is 0 Å². The maximum absolute atomic E-state index is 12.7. The number of para-hydroxylation sites is 1. The molecule has 2 saturated heterocycles.